The lowest BCUT2D eigenvalue weighted by Crippen LogP contribution is -2.34. The normalized spacial score (nSPS) is 13.9. The monoisotopic (exact) mass is 520 g/mol. The van der Waals surface area contributed by atoms with E-state index in [1.165, 1.54) is 0 Å². The lowest BCUT2D eigenvalue weighted by molar-refractivity contribution is 0.164. The number of benzene rings is 3. The van der Waals surface area contributed by atoms with Crippen LogP contribution in [-0.4, -0.2) is 34.0 Å². The molecule has 7 nitrogen and oxygen atoms in total. The molecule has 198 valence electrons. The second-order valence-corrected chi connectivity index (χ2v) is 9.74. The van der Waals surface area contributed by atoms with E-state index in [1.54, 1.807) is 0 Å². The average molecular weight is 521 g/mol. The average Bonchev–Trinajstić information content (AvgIpc) is 3.33. The Morgan fingerprint density at radius 2 is 1.49 bits per heavy atom. The van der Waals surface area contributed by atoms with Crippen molar-refractivity contribution >= 4 is 10.9 Å². The Hall–Kier alpha value is -4.36. The molecule has 7 heteroatoms. The van der Waals surface area contributed by atoms with Crippen LogP contribution in [0.3, 0.4) is 0 Å². The summed E-state index contributed by atoms with van der Waals surface area (Å²) < 4.78 is 20.7. The van der Waals surface area contributed by atoms with Crippen molar-refractivity contribution in [2.45, 2.75) is 32.2 Å². The molecule has 6 rings (SSSR count). The van der Waals surface area contributed by atoms with E-state index in [1.807, 2.05) is 96.7 Å². The molecule has 0 bridgehead atoms. The van der Waals surface area contributed by atoms with Gasteiger partial charge in [0.15, 0.2) is 0 Å². The third-order valence-electron chi connectivity index (χ3n) is 6.95. The number of pyridine rings is 1. The van der Waals surface area contributed by atoms with Gasteiger partial charge >= 0.3 is 0 Å². The molecule has 39 heavy (non-hydrogen) atoms. The molecule has 3 heterocycles. The van der Waals surface area contributed by atoms with E-state index < -0.39 is 0 Å². The highest BCUT2D eigenvalue weighted by molar-refractivity contribution is 5.97. The molecule has 1 fully saturated rings. The molecule has 0 aliphatic carbocycles. The summed E-state index contributed by atoms with van der Waals surface area (Å²) in [5.41, 5.74) is 4.71. The summed E-state index contributed by atoms with van der Waals surface area (Å²) in [6.45, 7) is 2.76. The Bertz CT molecular complexity index is 1530. The quantitative estimate of drug-likeness (QED) is 0.260. The number of nitrogens with zero attached hydrogens (tertiary/aromatic N) is 3. The van der Waals surface area contributed by atoms with Crippen molar-refractivity contribution in [1.29, 1.82) is 0 Å². The number of fused-ring (bicyclic) bond motifs is 1. The third-order valence-corrected chi connectivity index (χ3v) is 6.95. The van der Waals surface area contributed by atoms with Gasteiger partial charge < -0.3 is 19.5 Å². The number of rotatable bonds is 9. The molecule has 0 spiro atoms. The Kier molecular flexibility index (Phi) is 7.41. The van der Waals surface area contributed by atoms with Crippen LogP contribution in [0.15, 0.2) is 91.0 Å². The number of aromatic nitrogens is 3. The summed E-state index contributed by atoms with van der Waals surface area (Å²) in [5.74, 6) is 1.83. The first-order valence-corrected chi connectivity index (χ1v) is 13.4. The predicted molar refractivity (Wildman–Crippen MR) is 152 cm³/mol. The van der Waals surface area contributed by atoms with Crippen molar-refractivity contribution in [2.75, 3.05) is 13.1 Å². The van der Waals surface area contributed by atoms with Gasteiger partial charge in [-0.15, -0.1) is 0 Å². The minimum Gasteiger partial charge on any atom is -0.488 e. The van der Waals surface area contributed by atoms with Gasteiger partial charge in [0.05, 0.1) is 5.56 Å². The molecular formula is C32H32N4O3. The SMILES string of the molecule is Cn1nc(-c2ccc(OCc3ccccc3)nc2OCc2ccccc2)c2cccc(OC3CCNCC3)c21. The maximum atomic E-state index is 6.46. The van der Waals surface area contributed by atoms with E-state index in [9.17, 15) is 0 Å². The Morgan fingerprint density at radius 1 is 0.795 bits per heavy atom. The Balaban J connectivity index is 1.34. The summed E-state index contributed by atoms with van der Waals surface area (Å²) in [4.78, 5) is 4.78. The van der Waals surface area contributed by atoms with Crippen LogP contribution in [0.4, 0.5) is 0 Å². The summed E-state index contributed by atoms with van der Waals surface area (Å²) in [6, 6.07) is 30.1. The first-order valence-electron chi connectivity index (χ1n) is 13.4. The van der Waals surface area contributed by atoms with E-state index in [-0.39, 0.29) is 6.10 Å². The van der Waals surface area contributed by atoms with Crippen LogP contribution in [-0.2, 0) is 20.3 Å². The first-order chi connectivity index (χ1) is 19.2. The molecular weight excluding hydrogens is 488 g/mol. The molecule has 0 amide bonds. The molecule has 0 atom stereocenters. The van der Waals surface area contributed by atoms with Crippen LogP contribution < -0.4 is 19.5 Å². The van der Waals surface area contributed by atoms with Crippen LogP contribution in [0.2, 0.25) is 0 Å². The molecule has 1 saturated heterocycles. The van der Waals surface area contributed by atoms with Gasteiger partial charge in [0.25, 0.3) is 0 Å². The number of aryl methyl sites for hydroxylation is 1. The minimum atomic E-state index is 0.197. The summed E-state index contributed by atoms with van der Waals surface area (Å²) in [6.07, 6.45) is 2.18. The number of para-hydroxylation sites is 1. The Labute approximate surface area is 228 Å². The van der Waals surface area contributed by atoms with Crippen LogP contribution in [0.1, 0.15) is 24.0 Å². The molecule has 5 aromatic rings. The van der Waals surface area contributed by atoms with Crippen molar-refractivity contribution in [3.05, 3.63) is 102 Å². The van der Waals surface area contributed by atoms with Gasteiger partial charge in [0, 0.05) is 18.5 Å². The highest BCUT2D eigenvalue weighted by atomic mass is 16.5. The highest BCUT2D eigenvalue weighted by Crippen LogP contribution is 2.38. The number of hydrogen-bond donors (Lipinski definition) is 1. The van der Waals surface area contributed by atoms with Crippen molar-refractivity contribution in [3.63, 3.8) is 0 Å². The second-order valence-electron chi connectivity index (χ2n) is 9.74. The smallest absolute Gasteiger partial charge is 0.226 e. The zero-order valence-corrected chi connectivity index (χ0v) is 22.0. The van der Waals surface area contributed by atoms with Crippen molar-refractivity contribution in [2.24, 2.45) is 7.05 Å². The second kappa shape index (κ2) is 11.6. The zero-order chi connectivity index (χ0) is 26.4. The van der Waals surface area contributed by atoms with E-state index in [0.29, 0.717) is 25.0 Å². The zero-order valence-electron chi connectivity index (χ0n) is 22.0. The summed E-state index contributed by atoms with van der Waals surface area (Å²) >= 11 is 0. The predicted octanol–water partition coefficient (Wildman–Crippen LogP) is 5.92. The number of nitrogens with one attached hydrogen (secondary N) is 1. The fraction of sp³-hybridized carbons (Fsp3) is 0.250. The van der Waals surface area contributed by atoms with Crippen molar-refractivity contribution in [3.8, 4) is 28.8 Å². The fourth-order valence-electron chi connectivity index (χ4n) is 4.94. The molecule has 1 N–H and O–H groups in total. The van der Waals surface area contributed by atoms with Gasteiger partial charge in [-0.2, -0.15) is 10.1 Å². The standard InChI is InChI=1S/C32H32N4O3/c1-36-31-26(13-8-14-28(31)39-25-17-19-33-20-18-25)30(35-36)27-15-16-29(37-21-23-9-4-2-5-10-23)34-32(27)38-22-24-11-6-3-7-12-24/h2-16,25,33H,17-22H2,1H3. The first kappa shape index (κ1) is 24.9. The van der Waals surface area contributed by atoms with Gasteiger partial charge in [-0.25, -0.2) is 0 Å². The van der Waals surface area contributed by atoms with Crippen molar-refractivity contribution in [1.82, 2.24) is 20.1 Å². The molecule has 0 unspecified atom stereocenters. The molecule has 3 aromatic carbocycles. The number of ether oxygens (including phenoxy) is 3. The van der Waals surface area contributed by atoms with Crippen LogP contribution in [0.25, 0.3) is 22.2 Å². The molecule has 1 aliphatic heterocycles. The molecule has 0 radical (unpaired) electrons. The van der Waals surface area contributed by atoms with E-state index in [2.05, 4.69) is 11.4 Å². The van der Waals surface area contributed by atoms with E-state index in [0.717, 1.165) is 65.0 Å². The molecule has 2 aromatic heterocycles. The van der Waals surface area contributed by atoms with Gasteiger partial charge in [0.2, 0.25) is 11.8 Å². The third kappa shape index (κ3) is 5.73. The maximum absolute atomic E-state index is 6.46. The van der Waals surface area contributed by atoms with E-state index in [4.69, 9.17) is 24.3 Å². The topological polar surface area (TPSA) is 70.4 Å². The van der Waals surface area contributed by atoms with E-state index >= 15 is 0 Å². The number of piperidine rings is 1. The van der Waals surface area contributed by atoms with Gasteiger partial charge in [-0.3, -0.25) is 4.68 Å². The number of hydrogen-bond acceptors (Lipinski definition) is 6. The Morgan fingerprint density at radius 3 is 2.21 bits per heavy atom. The van der Waals surface area contributed by atoms with Crippen molar-refractivity contribution < 1.29 is 14.2 Å². The van der Waals surface area contributed by atoms with Gasteiger partial charge in [-0.05, 0) is 49.2 Å². The fourth-order valence-corrected chi connectivity index (χ4v) is 4.94. The van der Waals surface area contributed by atoms with Crippen LogP contribution >= 0.6 is 0 Å². The summed E-state index contributed by atoms with van der Waals surface area (Å²) in [7, 11) is 1.95. The highest BCUT2D eigenvalue weighted by Gasteiger charge is 2.22. The van der Waals surface area contributed by atoms with Gasteiger partial charge in [0.1, 0.15) is 36.3 Å². The lowest BCUT2D eigenvalue weighted by atomic mass is 10.1. The van der Waals surface area contributed by atoms with Crippen LogP contribution in [0, 0.1) is 0 Å². The lowest BCUT2D eigenvalue weighted by Gasteiger charge is -2.24. The largest absolute Gasteiger partial charge is 0.488 e. The molecule has 0 saturated carbocycles. The minimum absolute atomic E-state index is 0.197. The van der Waals surface area contributed by atoms with Crippen LogP contribution in [0.5, 0.6) is 17.5 Å². The maximum Gasteiger partial charge on any atom is 0.226 e. The molecule has 1 aliphatic rings. The van der Waals surface area contributed by atoms with Gasteiger partial charge in [-0.1, -0.05) is 72.8 Å². The summed E-state index contributed by atoms with van der Waals surface area (Å²) in [5, 5.41) is 9.31.